The highest BCUT2D eigenvalue weighted by molar-refractivity contribution is 7.89. The molecule has 1 aliphatic rings. The number of ether oxygens (including phenoxy) is 1. The van der Waals surface area contributed by atoms with Gasteiger partial charge in [0.05, 0.1) is 17.6 Å². The highest BCUT2D eigenvalue weighted by Gasteiger charge is 2.29. The predicted octanol–water partition coefficient (Wildman–Crippen LogP) is 4.38. The first-order valence-electron chi connectivity index (χ1n) is 12.2. The zero-order valence-corrected chi connectivity index (χ0v) is 22.8. The van der Waals surface area contributed by atoms with Crippen molar-refractivity contribution in [3.8, 4) is 0 Å². The van der Waals surface area contributed by atoms with E-state index in [0.29, 0.717) is 29.1 Å². The van der Waals surface area contributed by atoms with E-state index in [4.69, 9.17) is 4.74 Å². The number of esters is 1. The molecule has 1 N–H and O–H groups in total. The third-order valence-corrected chi connectivity index (χ3v) is 9.58. The molecule has 0 atom stereocenters. The Labute approximate surface area is 221 Å². The standard InChI is InChI=1S/C27H31N3O5S2/c1-4-29-16-15-22-23(18-29)36-26(24(22)27(32)35-3)28-25(31)20-11-13-21(14-12-20)37(33,34)30(5-2)17-19-9-7-6-8-10-19/h6-14H,4-5,15-18H2,1-3H3,(H,28,31). The van der Waals surface area contributed by atoms with Crippen molar-refractivity contribution in [2.45, 2.75) is 38.3 Å². The molecular weight excluding hydrogens is 510 g/mol. The highest BCUT2D eigenvalue weighted by Crippen LogP contribution is 2.38. The molecule has 0 radical (unpaired) electrons. The van der Waals surface area contributed by atoms with Gasteiger partial charge in [-0.25, -0.2) is 13.2 Å². The number of anilines is 1. The Balaban J connectivity index is 1.54. The number of nitrogens with zero attached hydrogens (tertiary/aromatic N) is 2. The normalized spacial score (nSPS) is 13.8. The molecule has 0 fully saturated rings. The van der Waals surface area contributed by atoms with Crippen molar-refractivity contribution in [3.63, 3.8) is 0 Å². The van der Waals surface area contributed by atoms with E-state index < -0.39 is 21.9 Å². The number of benzene rings is 2. The molecule has 10 heteroatoms. The molecule has 196 valence electrons. The van der Waals surface area contributed by atoms with Crippen LogP contribution in [0.1, 0.15) is 50.6 Å². The number of hydrogen-bond donors (Lipinski definition) is 1. The molecule has 37 heavy (non-hydrogen) atoms. The number of methoxy groups -OCH3 is 1. The van der Waals surface area contributed by atoms with Gasteiger partial charge in [-0.15, -0.1) is 11.3 Å². The zero-order valence-electron chi connectivity index (χ0n) is 21.2. The minimum atomic E-state index is -3.74. The summed E-state index contributed by atoms with van der Waals surface area (Å²) < 4.78 is 32.9. The smallest absolute Gasteiger partial charge is 0.341 e. The van der Waals surface area contributed by atoms with Crippen LogP contribution in [0.25, 0.3) is 0 Å². The molecule has 3 aromatic rings. The number of rotatable bonds is 9. The van der Waals surface area contributed by atoms with Crippen LogP contribution in [0.15, 0.2) is 59.5 Å². The summed E-state index contributed by atoms with van der Waals surface area (Å²) in [5.74, 6) is -0.894. The van der Waals surface area contributed by atoms with Crippen molar-refractivity contribution in [1.82, 2.24) is 9.21 Å². The first kappa shape index (κ1) is 27.0. The lowest BCUT2D eigenvalue weighted by Gasteiger charge is -2.25. The van der Waals surface area contributed by atoms with Gasteiger partial charge < -0.3 is 10.1 Å². The molecule has 1 aromatic heterocycles. The number of likely N-dealkylation sites (N-methyl/N-ethyl adjacent to an activating group) is 1. The molecule has 8 nitrogen and oxygen atoms in total. The number of carbonyl (C=O) groups excluding carboxylic acids is 2. The number of sulfonamides is 1. The maximum absolute atomic E-state index is 13.2. The molecule has 1 aliphatic heterocycles. The fourth-order valence-electron chi connectivity index (χ4n) is 4.39. The largest absolute Gasteiger partial charge is 0.465 e. The second kappa shape index (κ2) is 11.6. The van der Waals surface area contributed by atoms with Crippen molar-refractivity contribution >= 4 is 38.2 Å². The van der Waals surface area contributed by atoms with Gasteiger partial charge in [0.2, 0.25) is 10.0 Å². The lowest BCUT2D eigenvalue weighted by molar-refractivity contribution is 0.0600. The lowest BCUT2D eigenvalue weighted by Crippen LogP contribution is -2.30. The fourth-order valence-corrected chi connectivity index (χ4v) is 7.10. The van der Waals surface area contributed by atoms with E-state index in [1.807, 2.05) is 30.3 Å². The van der Waals surface area contributed by atoms with Gasteiger partial charge in [-0.05, 0) is 48.4 Å². The first-order valence-corrected chi connectivity index (χ1v) is 14.4. The number of carbonyl (C=O) groups is 2. The second-order valence-electron chi connectivity index (χ2n) is 8.71. The molecule has 2 heterocycles. The summed E-state index contributed by atoms with van der Waals surface area (Å²) in [5, 5.41) is 3.31. The SMILES string of the molecule is CCN1CCc2c(sc(NC(=O)c3ccc(S(=O)(=O)N(CC)Cc4ccccc4)cc3)c2C(=O)OC)C1. The van der Waals surface area contributed by atoms with Crippen LogP contribution in [0.3, 0.4) is 0 Å². The molecule has 0 saturated carbocycles. The zero-order chi connectivity index (χ0) is 26.6. The highest BCUT2D eigenvalue weighted by atomic mass is 32.2. The van der Waals surface area contributed by atoms with E-state index in [0.717, 1.165) is 35.6 Å². The van der Waals surface area contributed by atoms with Gasteiger partial charge in [-0.2, -0.15) is 4.31 Å². The van der Waals surface area contributed by atoms with Crippen molar-refractivity contribution in [2.75, 3.05) is 32.1 Å². The van der Waals surface area contributed by atoms with Crippen molar-refractivity contribution in [2.24, 2.45) is 0 Å². The number of hydrogen-bond acceptors (Lipinski definition) is 7. The number of fused-ring (bicyclic) bond motifs is 1. The Morgan fingerprint density at radius 1 is 1.08 bits per heavy atom. The maximum atomic E-state index is 13.2. The van der Waals surface area contributed by atoms with Gasteiger partial charge in [0.15, 0.2) is 0 Å². The molecule has 0 saturated heterocycles. The minimum absolute atomic E-state index is 0.114. The van der Waals surface area contributed by atoms with Crippen LogP contribution in [0.5, 0.6) is 0 Å². The fraction of sp³-hybridized carbons (Fsp3) is 0.333. The summed E-state index contributed by atoms with van der Waals surface area (Å²) in [6, 6.07) is 15.3. The monoisotopic (exact) mass is 541 g/mol. The van der Waals surface area contributed by atoms with E-state index in [2.05, 4.69) is 17.1 Å². The Morgan fingerprint density at radius 3 is 2.41 bits per heavy atom. The van der Waals surface area contributed by atoms with E-state index in [1.165, 1.54) is 47.0 Å². The topological polar surface area (TPSA) is 96.0 Å². The summed E-state index contributed by atoms with van der Waals surface area (Å²) in [6.07, 6.45) is 0.712. The third kappa shape index (κ3) is 5.77. The number of nitrogens with one attached hydrogen (secondary N) is 1. The number of thiophene rings is 1. The van der Waals surface area contributed by atoms with Gasteiger partial charge in [0, 0.05) is 36.6 Å². The van der Waals surface area contributed by atoms with Crippen LogP contribution >= 0.6 is 11.3 Å². The van der Waals surface area contributed by atoms with Crippen molar-refractivity contribution in [1.29, 1.82) is 0 Å². The van der Waals surface area contributed by atoms with Crippen molar-refractivity contribution < 1.29 is 22.7 Å². The van der Waals surface area contributed by atoms with Crippen LogP contribution in [0, 0.1) is 0 Å². The second-order valence-corrected chi connectivity index (χ2v) is 11.8. The Morgan fingerprint density at radius 2 is 1.78 bits per heavy atom. The van der Waals surface area contributed by atoms with Gasteiger partial charge >= 0.3 is 5.97 Å². The first-order chi connectivity index (χ1) is 17.8. The summed E-state index contributed by atoms with van der Waals surface area (Å²) in [5.41, 5.74) is 2.52. The average Bonchev–Trinajstić information content (AvgIpc) is 3.28. The van der Waals surface area contributed by atoms with Gasteiger partial charge in [0.1, 0.15) is 5.00 Å². The van der Waals surface area contributed by atoms with Crippen LogP contribution < -0.4 is 5.32 Å². The minimum Gasteiger partial charge on any atom is -0.465 e. The molecular formula is C27H31N3O5S2. The van der Waals surface area contributed by atoms with Gasteiger partial charge in [-0.3, -0.25) is 9.69 Å². The maximum Gasteiger partial charge on any atom is 0.341 e. The van der Waals surface area contributed by atoms with Gasteiger partial charge in [0.25, 0.3) is 5.91 Å². The molecule has 4 rings (SSSR count). The molecule has 2 aromatic carbocycles. The quantitative estimate of drug-likeness (QED) is 0.404. The van der Waals surface area contributed by atoms with E-state index in [-0.39, 0.29) is 11.4 Å². The average molecular weight is 542 g/mol. The predicted molar refractivity (Wildman–Crippen MR) is 144 cm³/mol. The summed E-state index contributed by atoms with van der Waals surface area (Å²) in [6.45, 7) is 6.93. The van der Waals surface area contributed by atoms with Crippen LogP contribution in [0.2, 0.25) is 0 Å². The number of amides is 1. The van der Waals surface area contributed by atoms with Crippen LogP contribution in [-0.2, 0) is 34.3 Å². The van der Waals surface area contributed by atoms with Crippen LogP contribution in [-0.4, -0.2) is 56.2 Å². The molecule has 1 amide bonds. The Hall–Kier alpha value is -3.05. The van der Waals surface area contributed by atoms with E-state index in [1.54, 1.807) is 6.92 Å². The summed E-state index contributed by atoms with van der Waals surface area (Å²) in [7, 11) is -2.42. The summed E-state index contributed by atoms with van der Waals surface area (Å²) in [4.78, 5) is 29.1. The third-order valence-electron chi connectivity index (χ3n) is 6.51. The van der Waals surface area contributed by atoms with Crippen molar-refractivity contribution in [3.05, 3.63) is 81.7 Å². The van der Waals surface area contributed by atoms with E-state index in [9.17, 15) is 18.0 Å². The molecule has 0 spiro atoms. The Bertz CT molecular complexity index is 1370. The van der Waals surface area contributed by atoms with E-state index >= 15 is 0 Å². The molecule has 0 bridgehead atoms. The Kier molecular flexibility index (Phi) is 8.43. The molecule has 0 unspecified atom stereocenters. The van der Waals surface area contributed by atoms with Gasteiger partial charge in [-0.1, -0.05) is 44.2 Å². The summed E-state index contributed by atoms with van der Waals surface area (Å²) >= 11 is 1.39. The van der Waals surface area contributed by atoms with Crippen LogP contribution in [0.4, 0.5) is 5.00 Å². The molecule has 0 aliphatic carbocycles. The lowest BCUT2D eigenvalue weighted by atomic mass is 10.0.